The van der Waals surface area contributed by atoms with Gasteiger partial charge < -0.3 is 4.74 Å². The Morgan fingerprint density at radius 3 is 3.00 bits per heavy atom. The Morgan fingerprint density at radius 2 is 2.71 bits per heavy atom. The Balaban J connectivity index is 2.76. The highest BCUT2D eigenvalue weighted by atomic mass is 16.5. The number of aromatic amines is 1. The largest absolute Gasteiger partial charge is 0.487 e. The quantitative estimate of drug-likeness (QED) is 0.556. The van der Waals surface area contributed by atoms with E-state index in [1.54, 1.807) is 12.4 Å². The second-order valence-corrected chi connectivity index (χ2v) is 1.08. The van der Waals surface area contributed by atoms with Crippen molar-refractivity contribution >= 4 is 0 Å². The summed E-state index contributed by atoms with van der Waals surface area (Å²) in [6, 6.07) is 0. The molecule has 0 spiro atoms. The highest BCUT2D eigenvalue weighted by Gasteiger charge is 1.83. The van der Waals surface area contributed by atoms with E-state index in [1.807, 2.05) is 0 Å². The average molecular weight is 97.1 g/mol. The predicted molar refractivity (Wildman–Crippen MR) is 24.6 cm³/mol. The van der Waals surface area contributed by atoms with Gasteiger partial charge in [0.05, 0.1) is 12.4 Å². The van der Waals surface area contributed by atoms with Crippen LogP contribution in [0.15, 0.2) is 12.4 Å². The van der Waals surface area contributed by atoms with Gasteiger partial charge in [-0.3, -0.25) is 5.10 Å². The minimum Gasteiger partial charge on any atom is -0.487 e. The summed E-state index contributed by atoms with van der Waals surface area (Å²) in [6.45, 7) is 0. The fourth-order valence-electron chi connectivity index (χ4n) is 0.318. The summed E-state index contributed by atoms with van der Waals surface area (Å²) in [5.41, 5.74) is 0. The highest BCUT2D eigenvalue weighted by Crippen LogP contribution is 2.01. The molecule has 0 unspecified atom stereocenters. The average Bonchev–Trinajstić information content (AvgIpc) is 2.14. The first-order valence-electron chi connectivity index (χ1n) is 1.84. The van der Waals surface area contributed by atoms with Crippen LogP contribution >= 0.6 is 0 Å². The van der Waals surface area contributed by atoms with Crippen molar-refractivity contribution in [1.29, 1.82) is 0 Å². The van der Waals surface area contributed by atoms with Crippen molar-refractivity contribution < 1.29 is 4.74 Å². The molecule has 0 saturated heterocycles. The van der Waals surface area contributed by atoms with Gasteiger partial charge in [-0.15, -0.1) is 0 Å². The van der Waals surface area contributed by atoms with Gasteiger partial charge in [0.1, 0.15) is 7.11 Å². The molecule has 1 radical (unpaired) electrons. The zero-order chi connectivity index (χ0) is 5.11. The molecule has 0 fully saturated rings. The fraction of sp³-hybridized carbons (Fsp3) is 0. The topological polar surface area (TPSA) is 37.9 Å². The third-order valence-corrected chi connectivity index (χ3v) is 0.640. The number of nitrogens with zero attached hydrogens (tertiary/aromatic N) is 1. The van der Waals surface area contributed by atoms with Gasteiger partial charge in [-0.05, 0) is 0 Å². The summed E-state index contributed by atoms with van der Waals surface area (Å²) in [6.07, 6.45) is 3.17. The molecule has 0 amide bonds. The smallest absolute Gasteiger partial charge is 0.157 e. The number of aromatic nitrogens is 2. The van der Waals surface area contributed by atoms with E-state index in [-0.39, 0.29) is 0 Å². The van der Waals surface area contributed by atoms with E-state index in [0.29, 0.717) is 5.75 Å². The van der Waals surface area contributed by atoms with Crippen LogP contribution in [0.3, 0.4) is 0 Å². The molecule has 1 aromatic heterocycles. The first-order chi connectivity index (χ1) is 3.43. The molecule has 7 heavy (non-hydrogen) atoms. The fourth-order valence-corrected chi connectivity index (χ4v) is 0.318. The molecule has 0 saturated carbocycles. The molecule has 0 atom stereocenters. The molecule has 0 aliphatic heterocycles. The molecule has 0 aliphatic carbocycles. The maximum absolute atomic E-state index is 4.51. The van der Waals surface area contributed by atoms with Gasteiger partial charge in [0.2, 0.25) is 0 Å². The third kappa shape index (κ3) is 0.707. The molecule has 0 aromatic carbocycles. The minimum atomic E-state index is 0.653. The lowest BCUT2D eigenvalue weighted by molar-refractivity contribution is 0.473. The van der Waals surface area contributed by atoms with E-state index in [4.69, 9.17) is 0 Å². The summed E-state index contributed by atoms with van der Waals surface area (Å²) in [7, 11) is 3.17. The first-order valence-corrected chi connectivity index (χ1v) is 1.84. The second kappa shape index (κ2) is 1.64. The van der Waals surface area contributed by atoms with Crippen LogP contribution in [0, 0.1) is 7.11 Å². The van der Waals surface area contributed by atoms with Crippen LogP contribution in [0.25, 0.3) is 0 Å². The Labute approximate surface area is 41.3 Å². The van der Waals surface area contributed by atoms with E-state index in [0.717, 1.165) is 0 Å². The van der Waals surface area contributed by atoms with Crippen LogP contribution in [0.1, 0.15) is 0 Å². The minimum absolute atomic E-state index is 0.653. The van der Waals surface area contributed by atoms with Crippen molar-refractivity contribution in [2.75, 3.05) is 0 Å². The van der Waals surface area contributed by atoms with Crippen LogP contribution in [-0.4, -0.2) is 10.2 Å². The van der Waals surface area contributed by atoms with E-state index in [9.17, 15) is 0 Å². The molecule has 1 rings (SSSR count). The van der Waals surface area contributed by atoms with Gasteiger partial charge in [-0.25, -0.2) is 0 Å². The van der Waals surface area contributed by atoms with E-state index in [2.05, 4.69) is 22.0 Å². The molecular weight excluding hydrogens is 92.1 g/mol. The molecule has 3 nitrogen and oxygen atoms in total. The number of H-pyrrole nitrogens is 1. The maximum atomic E-state index is 4.51. The van der Waals surface area contributed by atoms with Gasteiger partial charge in [-0.1, -0.05) is 0 Å². The molecular formula is C4H5N2O. The van der Waals surface area contributed by atoms with Crippen LogP contribution in [0.2, 0.25) is 0 Å². The second-order valence-electron chi connectivity index (χ2n) is 1.08. The predicted octanol–water partition coefficient (Wildman–Crippen LogP) is 0.580. The number of rotatable bonds is 1. The Morgan fingerprint density at radius 1 is 1.86 bits per heavy atom. The molecule has 0 bridgehead atoms. The summed E-state index contributed by atoms with van der Waals surface area (Å²) < 4.78 is 4.51. The summed E-state index contributed by atoms with van der Waals surface area (Å²) in [5, 5.41) is 6.17. The molecule has 1 heterocycles. The SMILES string of the molecule is [CH2]Oc1cn[nH]c1. The standard InChI is InChI=1S/C4H5N2O/c1-7-4-2-5-6-3-4/h2-3H,1H2,(H,5,6). The number of hydrogen-bond acceptors (Lipinski definition) is 2. The van der Waals surface area contributed by atoms with E-state index in [1.165, 1.54) is 0 Å². The lowest BCUT2D eigenvalue weighted by atomic mass is 10.7. The Bertz CT molecular complexity index is 124. The van der Waals surface area contributed by atoms with Crippen molar-refractivity contribution in [1.82, 2.24) is 10.2 Å². The maximum Gasteiger partial charge on any atom is 0.157 e. The van der Waals surface area contributed by atoms with Crippen LogP contribution in [0.5, 0.6) is 5.75 Å². The number of nitrogens with one attached hydrogen (secondary N) is 1. The van der Waals surface area contributed by atoms with E-state index >= 15 is 0 Å². The normalized spacial score (nSPS) is 8.71. The molecule has 0 aliphatic rings. The zero-order valence-electron chi connectivity index (χ0n) is 3.72. The van der Waals surface area contributed by atoms with Crippen LogP contribution in [-0.2, 0) is 0 Å². The van der Waals surface area contributed by atoms with Crippen LogP contribution < -0.4 is 4.74 Å². The lowest BCUT2D eigenvalue weighted by Crippen LogP contribution is -1.70. The first kappa shape index (κ1) is 4.18. The lowest BCUT2D eigenvalue weighted by Gasteiger charge is -1.84. The summed E-state index contributed by atoms with van der Waals surface area (Å²) in [4.78, 5) is 0. The van der Waals surface area contributed by atoms with Gasteiger partial charge in [-0.2, -0.15) is 5.10 Å². The molecule has 3 heteroatoms. The Hall–Kier alpha value is -0.990. The Kier molecular flexibility index (Phi) is 0.978. The number of hydrogen-bond donors (Lipinski definition) is 1. The van der Waals surface area contributed by atoms with Gasteiger partial charge in [0.25, 0.3) is 0 Å². The van der Waals surface area contributed by atoms with Crippen molar-refractivity contribution in [3.05, 3.63) is 19.5 Å². The van der Waals surface area contributed by atoms with Gasteiger partial charge in [0, 0.05) is 0 Å². The van der Waals surface area contributed by atoms with E-state index < -0.39 is 0 Å². The monoisotopic (exact) mass is 97.0 g/mol. The molecule has 1 aromatic rings. The van der Waals surface area contributed by atoms with Crippen LogP contribution in [0.4, 0.5) is 0 Å². The van der Waals surface area contributed by atoms with Gasteiger partial charge >= 0.3 is 0 Å². The molecule has 37 valence electrons. The highest BCUT2D eigenvalue weighted by molar-refractivity contribution is 5.09. The number of ether oxygens (including phenoxy) is 1. The van der Waals surface area contributed by atoms with Crippen molar-refractivity contribution in [2.24, 2.45) is 0 Å². The summed E-state index contributed by atoms with van der Waals surface area (Å²) in [5.74, 6) is 0.653. The molecule has 1 N–H and O–H groups in total. The van der Waals surface area contributed by atoms with Gasteiger partial charge in [0.15, 0.2) is 5.75 Å². The summed E-state index contributed by atoms with van der Waals surface area (Å²) >= 11 is 0. The zero-order valence-corrected chi connectivity index (χ0v) is 3.72. The van der Waals surface area contributed by atoms with Crippen molar-refractivity contribution in [2.45, 2.75) is 0 Å². The third-order valence-electron chi connectivity index (χ3n) is 0.640. The van der Waals surface area contributed by atoms with Crippen molar-refractivity contribution in [3.8, 4) is 5.75 Å². The van der Waals surface area contributed by atoms with Crippen molar-refractivity contribution in [3.63, 3.8) is 0 Å².